The van der Waals surface area contributed by atoms with Gasteiger partial charge in [-0.2, -0.15) is 0 Å². The molecule has 0 heterocycles. The Morgan fingerprint density at radius 2 is 1.71 bits per heavy atom. The van der Waals surface area contributed by atoms with E-state index in [1.807, 2.05) is 26.8 Å². The van der Waals surface area contributed by atoms with Crippen LogP contribution in [-0.4, -0.2) is 51.4 Å². The lowest BCUT2D eigenvalue weighted by Crippen LogP contribution is -2.52. The Balaban J connectivity index is 2.04. The van der Waals surface area contributed by atoms with Gasteiger partial charge >= 0.3 is 0 Å². The Hall–Kier alpha value is -3.56. The number of benzene rings is 3. The average molecular weight is 600 g/mol. The number of aryl methyl sites for hydroxylation is 1. The lowest BCUT2D eigenvalue weighted by atomic mass is 10.1. The number of carbonyl (C=O) groups excluding carboxylic acids is 2. The Bertz CT molecular complexity index is 1430. The highest BCUT2D eigenvalue weighted by molar-refractivity contribution is 7.92. The van der Waals surface area contributed by atoms with E-state index in [-0.39, 0.29) is 23.0 Å². The third-order valence-electron chi connectivity index (χ3n) is 6.69. The Labute approximate surface area is 248 Å². The van der Waals surface area contributed by atoms with Crippen molar-refractivity contribution in [2.75, 3.05) is 24.5 Å². The number of halogens is 1. The van der Waals surface area contributed by atoms with Crippen LogP contribution in [-0.2, 0) is 26.2 Å². The fourth-order valence-corrected chi connectivity index (χ4v) is 5.98. The Kier molecular flexibility index (Phi) is 11.6. The summed E-state index contributed by atoms with van der Waals surface area (Å²) in [5.74, 6) is -0.202. The van der Waals surface area contributed by atoms with Gasteiger partial charge in [0.1, 0.15) is 18.3 Å². The summed E-state index contributed by atoms with van der Waals surface area (Å²) in [6, 6.07) is 19.2. The van der Waals surface area contributed by atoms with Crippen LogP contribution in [0, 0.1) is 6.92 Å². The lowest BCUT2D eigenvalue weighted by Gasteiger charge is -2.33. The first-order chi connectivity index (χ1) is 19.6. The highest BCUT2D eigenvalue weighted by atomic mass is 35.5. The predicted octanol–water partition coefficient (Wildman–Crippen LogP) is 5.58. The van der Waals surface area contributed by atoms with Crippen LogP contribution in [0.1, 0.15) is 44.2 Å². The molecule has 3 aromatic carbocycles. The van der Waals surface area contributed by atoms with Gasteiger partial charge in [-0.1, -0.05) is 67.8 Å². The highest BCUT2D eigenvalue weighted by Crippen LogP contribution is 2.27. The largest absolute Gasteiger partial charge is 0.497 e. The van der Waals surface area contributed by atoms with Gasteiger partial charge in [-0.3, -0.25) is 13.9 Å². The summed E-state index contributed by atoms with van der Waals surface area (Å²) >= 11 is 6.23. The highest BCUT2D eigenvalue weighted by Gasteiger charge is 2.33. The number of hydrogen-bond acceptors (Lipinski definition) is 5. The number of carbonyl (C=O) groups is 2. The molecule has 2 amide bonds. The van der Waals surface area contributed by atoms with Crippen LogP contribution in [0.25, 0.3) is 0 Å². The number of rotatable bonds is 14. The zero-order valence-electron chi connectivity index (χ0n) is 24.0. The van der Waals surface area contributed by atoms with E-state index in [0.29, 0.717) is 23.7 Å². The van der Waals surface area contributed by atoms with Crippen LogP contribution >= 0.6 is 11.6 Å². The molecule has 0 spiro atoms. The van der Waals surface area contributed by atoms with Gasteiger partial charge in [-0.05, 0) is 67.8 Å². The van der Waals surface area contributed by atoms with Crippen molar-refractivity contribution in [2.45, 2.75) is 57.5 Å². The molecule has 3 aromatic rings. The number of methoxy groups -OCH3 is 1. The first-order valence-corrected chi connectivity index (χ1v) is 15.5. The van der Waals surface area contributed by atoms with E-state index in [4.69, 9.17) is 16.3 Å². The molecular formula is C31H38ClN3O5S. The number of amides is 2. The van der Waals surface area contributed by atoms with Crippen LogP contribution in [0.3, 0.4) is 0 Å². The molecule has 0 aliphatic rings. The summed E-state index contributed by atoms with van der Waals surface area (Å²) < 4.78 is 34.2. The molecule has 0 aromatic heterocycles. The van der Waals surface area contributed by atoms with Crippen molar-refractivity contribution >= 4 is 39.1 Å². The molecule has 220 valence electrons. The van der Waals surface area contributed by atoms with E-state index in [9.17, 15) is 18.0 Å². The number of anilines is 1. The van der Waals surface area contributed by atoms with Crippen molar-refractivity contribution in [1.29, 1.82) is 0 Å². The fraction of sp³-hybridized carbons (Fsp3) is 0.355. The van der Waals surface area contributed by atoms with Crippen LogP contribution < -0.4 is 14.4 Å². The Morgan fingerprint density at radius 3 is 2.34 bits per heavy atom. The molecule has 0 bridgehead atoms. The summed E-state index contributed by atoms with van der Waals surface area (Å²) in [4.78, 5) is 28.9. The van der Waals surface area contributed by atoms with Crippen molar-refractivity contribution in [2.24, 2.45) is 0 Å². The van der Waals surface area contributed by atoms with Crippen LogP contribution in [0.2, 0.25) is 5.02 Å². The molecule has 41 heavy (non-hydrogen) atoms. The first kappa shape index (κ1) is 32.0. The molecule has 0 saturated heterocycles. The van der Waals surface area contributed by atoms with Crippen LogP contribution in [0.4, 0.5) is 5.69 Å². The standard InChI is InChI=1S/C31H38ClN3O5S/c1-5-7-18-33-31(37)29(6-2)34(21-24-10-8-13-27(19-24)40-4)30(36)22-35(26-12-9-11-25(32)20-26)41(38,39)28-16-14-23(3)15-17-28/h8-17,19-20,29H,5-7,18,21-22H2,1-4H3,(H,33,37)/t29-/m1/s1. The molecule has 3 rings (SSSR count). The number of sulfonamides is 1. The smallest absolute Gasteiger partial charge is 0.264 e. The van der Waals surface area contributed by atoms with E-state index in [1.165, 1.54) is 23.1 Å². The summed E-state index contributed by atoms with van der Waals surface area (Å²) in [6.07, 6.45) is 2.06. The van der Waals surface area contributed by atoms with Crippen molar-refractivity contribution in [3.05, 3.63) is 88.9 Å². The molecule has 1 N–H and O–H groups in total. The summed E-state index contributed by atoms with van der Waals surface area (Å²) in [6.45, 7) is 5.77. The fourth-order valence-electron chi connectivity index (χ4n) is 4.39. The van der Waals surface area contributed by atoms with E-state index in [1.54, 1.807) is 55.6 Å². The van der Waals surface area contributed by atoms with Crippen molar-refractivity contribution < 1.29 is 22.7 Å². The quantitative estimate of drug-likeness (QED) is 0.244. The maximum Gasteiger partial charge on any atom is 0.264 e. The number of unbranched alkanes of at least 4 members (excludes halogenated alkanes) is 1. The van der Waals surface area contributed by atoms with Gasteiger partial charge in [0.15, 0.2) is 0 Å². The molecule has 0 unspecified atom stereocenters. The van der Waals surface area contributed by atoms with Gasteiger partial charge in [-0.25, -0.2) is 8.42 Å². The van der Waals surface area contributed by atoms with Crippen LogP contribution in [0.5, 0.6) is 5.75 Å². The molecular weight excluding hydrogens is 562 g/mol. The van der Waals surface area contributed by atoms with E-state index in [0.717, 1.165) is 28.3 Å². The molecule has 1 atom stereocenters. The monoisotopic (exact) mass is 599 g/mol. The van der Waals surface area contributed by atoms with E-state index < -0.39 is 28.5 Å². The maximum absolute atomic E-state index is 14.1. The topological polar surface area (TPSA) is 96.0 Å². The molecule has 0 fully saturated rings. The third kappa shape index (κ3) is 8.47. The zero-order chi connectivity index (χ0) is 30.0. The van der Waals surface area contributed by atoms with Gasteiger partial charge in [0, 0.05) is 18.1 Å². The van der Waals surface area contributed by atoms with Gasteiger partial charge in [0.05, 0.1) is 17.7 Å². The second kappa shape index (κ2) is 14.9. The molecule has 8 nitrogen and oxygen atoms in total. The predicted molar refractivity (Wildman–Crippen MR) is 163 cm³/mol. The zero-order valence-corrected chi connectivity index (χ0v) is 25.5. The molecule has 0 saturated carbocycles. The number of ether oxygens (including phenoxy) is 1. The van der Waals surface area contributed by atoms with Crippen molar-refractivity contribution in [3.8, 4) is 5.75 Å². The number of hydrogen-bond donors (Lipinski definition) is 1. The molecule has 0 radical (unpaired) electrons. The van der Waals surface area contributed by atoms with Gasteiger partial charge in [-0.15, -0.1) is 0 Å². The minimum atomic E-state index is -4.16. The number of nitrogens with zero attached hydrogens (tertiary/aromatic N) is 2. The number of nitrogens with one attached hydrogen (secondary N) is 1. The minimum absolute atomic E-state index is 0.0413. The molecule has 0 aliphatic heterocycles. The normalized spacial score (nSPS) is 11.9. The summed E-state index contributed by atoms with van der Waals surface area (Å²) in [5, 5.41) is 3.25. The van der Waals surface area contributed by atoms with E-state index >= 15 is 0 Å². The molecule has 0 aliphatic carbocycles. The average Bonchev–Trinajstić information content (AvgIpc) is 2.96. The van der Waals surface area contributed by atoms with E-state index in [2.05, 4.69) is 5.32 Å². The third-order valence-corrected chi connectivity index (χ3v) is 8.71. The second-order valence-corrected chi connectivity index (χ2v) is 12.0. The van der Waals surface area contributed by atoms with Crippen molar-refractivity contribution in [1.82, 2.24) is 10.2 Å². The first-order valence-electron chi connectivity index (χ1n) is 13.7. The van der Waals surface area contributed by atoms with Crippen molar-refractivity contribution in [3.63, 3.8) is 0 Å². The summed E-state index contributed by atoms with van der Waals surface area (Å²) in [7, 11) is -2.61. The second-order valence-electron chi connectivity index (χ2n) is 9.75. The maximum atomic E-state index is 14.1. The van der Waals surface area contributed by atoms with Gasteiger partial charge in [0.2, 0.25) is 11.8 Å². The van der Waals surface area contributed by atoms with Crippen LogP contribution in [0.15, 0.2) is 77.7 Å². The van der Waals surface area contributed by atoms with Gasteiger partial charge in [0.25, 0.3) is 10.0 Å². The lowest BCUT2D eigenvalue weighted by molar-refractivity contribution is -0.140. The van der Waals surface area contributed by atoms with Gasteiger partial charge < -0.3 is 15.0 Å². The SMILES string of the molecule is CCCCNC(=O)[C@@H](CC)N(Cc1cccc(OC)c1)C(=O)CN(c1cccc(Cl)c1)S(=O)(=O)c1ccc(C)cc1. The molecule has 10 heteroatoms. The summed E-state index contributed by atoms with van der Waals surface area (Å²) in [5.41, 5.74) is 1.89. The Morgan fingerprint density at radius 1 is 1.00 bits per heavy atom. The minimum Gasteiger partial charge on any atom is -0.497 e.